The molecule has 0 bridgehead atoms. The minimum absolute atomic E-state index is 0.433. The maximum Gasteiger partial charge on any atom is 0.0391 e. The smallest absolute Gasteiger partial charge is 0.0391 e. The average molecular weight is 206 g/mol. The molecule has 2 aromatic heterocycles. The highest BCUT2D eigenvalue weighted by Crippen LogP contribution is 2.56. The molecule has 0 aromatic carbocycles. The van der Waals surface area contributed by atoms with Crippen LogP contribution in [0.2, 0.25) is 0 Å². The lowest BCUT2D eigenvalue weighted by Crippen LogP contribution is -2.02. The van der Waals surface area contributed by atoms with E-state index in [4.69, 9.17) is 0 Å². The normalized spacial score (nSPS) is 18.8. The lowest BCUT2D eigenvalue weighted by Gasteiger charge is -2.09. The highest BCUT2D eigenvalue weighted by molar-refractivity contribution is 7.11. The molecule has 2 heterocycles. The molecule has 13 heavy (non-hydrogen) atoms. The summed E-state index contributed by atoms with van der Waals surface area (Å²) >= 11 is 3.79. The minimum atomic E-state index is 0.433. The molecule has 1 fully saturated rings. The largest absolute Gasteiger partial charge is 0.148 e. The molecule has 1 aliphatic rings. The standard InChI is InChI=1S/C11H10S2/c1-3-9(12-7-1)11(5-6-11)10-4-2-8-13-10/h1-4,7-8H,5-6H2. The van der Waals surface area contributed by atoms with E-state index in [1.54, 1.807) is 9.75 Å². The molecule has 0 unspecified atom stereocenters. The van der Waals surface area contributed by atoms with Gasteiger partial charge < -0.3 is 0 Å². The second-order valence-corrected chi connectivity index (χ2v) is 5.43. The summed E-state index contributed by atoms with van der Waals surface area (Å²) in [7, 11) is 0. The van der Waals surface area contributed by atoms with Crippen LogP contribution in [-0.2, 0) is 5.41 Å². The highest BCUT2D eigenvalue weighted by Gasteiger charge is 2.47. The Kier molecular flexibility index (Phi) is 1.61. The number of hydrogen-bond acceptors (Lipinski definition) is 2. The molecule has 0 amide bonds. The van der Waals surface area contributed by atoms with Gasteiger partial charge in [0.2, 0.25) is 0 Å². The van der Waals surface area contributed by atoms with E-state index in [9.17, 15) is 0 Å². The Morgan fingerprint density at radius 2 is 1.46 bits per heavy atom. The summed E-state index contributed by atoms with van der Waals surface area (Å²) in [4.78, 5) is 3.10. The van der Waals surface area contributed by atoms with Gasteiger partial charge in [-0.15, -0.1) is 22.7 Å². The van der Waals surface area contributed by atoms with Gasteiger partial charge in [-0.25, -0.2) is 0 Å². The maximum atomic E-state index is 2.28. The van der Waals surface area contributed by atoms with E-state index in [0.717, 1.165) is 0 Å². The van der Waals surface area contributed by atoms with Crippen LogP contribution < -0.4 is 0 Å². The Bertz CT molecular complexity index is 343. The maximum absolute atomic E-state index is 2.28. The molecule has 1 aliphatic carbocycles. The summed E-state index contributed by atoms with van der Waals surface area (Å²) in [6, 6.07) is 8.87. The summed E-state index contributed by atoms with van der Waals surface area (Å²) in [5.41, 5.74) is 0.433. The molecule has 2 aromatic rings. The zero-order valence-electron chi connectivity index (χ0n) is 7.19. The Labute approximate surface area is 85.9 Å². The molecule has 66 valence electrons. The molecule has 0 spiro atoms. The van der Waals surface area contributed by atoms with Crippen LogP contribution in [0.3, 0.4) is 0 Å². The molecule has 3 rings (SSSR count). The van der Waals surface area contributed by atoms with Crippen molar-refractivity contribution in [2.45, 2.75) is 18.3 Å². The summed E-state index contributed by atoms with van der Waals surface area (Å²) < 4.78 is 0. The molecule has 1 saturated carbocycles. The fourth-order valence-corrected chi connectivity index (χ4v) is 3.91. The predicted octanol–water partition coefficient (Wildman–Crippen LogP) is 3.89. The predicted molar refractivity (Wildman–Crippen MR) is 58.7 cm³/mol. The van der Waals surface area contributed by atoms with Gasteiger partial charge in [-0.2, -0.15) is 0 Å². The SMILES string of the molecule is c1csc(C2(c3cccs3)CC2)c1. The molecule has 2 heteroatoms. The lowest BCUT2D eigenvalue weighted by atomic mass is 10.0. The van der Waals surface area contributed by atoms with Crippen LogP contribution in [0.5, 0.6) is 0 Å². The van der Waals surface area contributed by atoms with E-state index in [1.807, 2.05) is 22.7 Å². The van der Waals surface area contributed by atoms with Crippen molar-refractivity contribution in [1.29, 1.82) is 0 Å². The van der Waals surface area contributed by atoms with Crippen molar-refractivity contribution < 1.29 is 0 Å². The number of rotatable bonds is 2. The Morgan fingerprint density at radius 1 is 0.923 bits per heavy atom. The van der Waals surface area contributed by atoms with E-state index in [-0.39, 0.29) is 0 Å². The van der Waals surface area contributed by atoms with Gasteiger partial charge >= 0.3 is 0 Å². The summed E-state index contributed by atoms with van der Waals surface area (Å²) in [5.74, 6) is 0. The van der Waals surface area contributed by atoms with Crippen LogP contribution in [-0.4, -0.2) is 0 Å². The van der Waals surface area contributed by atoms with Crippen molar-refractivity contribution in [3.05, 3.63) is 44.8 Å². The number of thiophene rings is 2. The molecular weight excluding hydrogens is 196 g/mol. The lowest BCUT2D eigenvalue weighted by molar-refractivity contribution is 0.897. The first kappa shape index (κ1) is 7.77. The third kappa shape index (κ3) is 1.09. The fourth-order valence-electron chi connectivity index (χ4n) is 1.84. The van der Waals surface area contributed by atoms with E-state index >= 15 is 0 Å². The third-order valence-corrected chi connectivity index (χ3v) is 4.88. The van der Waals surface area contributed by atoms with Gasteiger partial charge in [0.15, 0.2) is 0 Å². The van der Waals surface area contributed by atoms with Gasteiger partial charge in [0.1, 0.15) is 0 Å². The Morgan fingerprint density at radius 3 is 1.77 bits per heavy atom. The third-order valence-electron chi connectivity index (χ3n) is 2.74. The average Bonchev–Trinajstić information content (AvgIpc) is 2.68. The summed E-state index contributed by atoms with van der Waals surface area (Å²) in [6.07, 6.45) is 2.68. The highest BCUT2D eigenvalue weighted by atomic mass is 32.1. The van der Waals surface area contributed by atoms with Crippen LogP contribution in [0, 0.1) is 0 Å². The van der Waals surface area contributed by atoms with Gasteiger partial charge in [-0.3, -0.25) is 0 Å². The molecule has 0 nitrogen and oxygen atoms in total. The second-order valence-electron chi connectivity index (χ2n) is 3.54. The molecule has 0 saturated heterocycles. The van der Waals surface area contributed by atoms with Crippen molar-refractivity contribution in [2.24, 2.45) is 0 Å². The van der Waals surface area contributed by atoms with Crippen LogP contribution in [0.4, 0.5) is 0 Å². The molecule has 0 atom stereocenters. The van der Waals surface area contributed by atoms with Crippen molar-refractivity contribution in [3.63, 3.8) is 0 Å². The van der Waals surface area contributed by atoms with Gasteiger partial charge in [0.25, 0.3) is 0 Å². The molecule has 0 radical (unpaired) electrons. The quantitative estimate of drug-likeness (QED) is 0.699. The van der Waals surface area contributed by atoms with E-state index in [0.29, 0.717) is 5.41 Å². The van der Waals surface area contributed by atoms with Gasteiger partial charge in [-0.1, -0.05) is 12.1 Å². The molecule has 0 aliphatic heterocycles. The first-order valence-corrected chi connectivity index (χ1v) is 6.26. The van der Waals surface area contributed by atoms with Crippen LogP contribution in [0.25, 0.3) is 0 Å². The topological polar surface area (TPSA) is 0 Å². The van der Waals surface area contributed by atoms with E-state index in [2.05, 4.69) is 35.0 Å². The zero-order valence-corrected chi connectivity index (χ0v) is 8.83. The van der Waals surface area contributed by atoms with E-state index in [1.165, 1.54) is 12.8 Å². The first-order valence-electron chi connectivity index (χ1n) is 4.50. The van der Waals surface area contributed by atoms with Crippen LogP contribution in [0.15, 0.2) is 35.0 Å². The Balaban J connectivity index is 2.08. The van der Waals surface area contributed by atoms with Gasteiger partial charge in [0, 0.05) is 15.2 Å². The summed E-state index contributed by atoms with van der Waals surface area (Å²) in [6.45, 7) is 0. The second kappa shape index (κ2) is 2.69. The monoisotopic (exact) mass is 206 g/mol. The van der Waals surface area contributed by atoms with Crippen LogP contribution in [0.1, 0.15) is 22.6 Å². The fraction of sp³-hybridized carbons (Fsp3) is 0.273. The molecule has 0 N–H and O–H groups in total. The van der Waals surface area contributed by atoms with Gasteiger partial charge in [0.05, 0.1) is 0 Å². The Hall–Kier alpha value is -0.600. The first-order chi connectivity index (χ1) is 6.42. The molecular formula is C11H10S2. The number of hydrogen-bond donors (Lipinski definition) is 0. The van der Waals surface area contributed by atoms with Crippen LogP contribution >= 0.6 is 22.7 Å². The van der Waals surface area contributed by atoms with Gasteiger partial charge in [-0.05, 0) is 35.7 Å². The van der Waals surface area contributed by atoms with Crippen molar-refractivity contribution in [2.75, 3.05) is 0 Å². The van der Waals surface area contributed by atoms with Crippen molar-refractivity contribution in [1.82, 2.24) is 0 Å². The summed E-state index contributed by atoms with van der Waals surface area (Å²) in [5, 5.41) is 4.37. The zero-order chi connectivity index (χ0) is 8.73. The van der Waals surface area contributed by atoms with Crippen molar-refractivity contribution in [3.8, 4) is 0 Å². The van der Waals surface area contributed by atoms with Crippen molar-refractivity contribution >= 4 is 22.7 Å². The van der Waals surface area contributed by atoms with E-state index < -0.39 is 0 Å². The minimum Gasteiger partial charge on any atom is -0.148 e.